The molecule has 1 amide bonds. The first-order valence-electron chi connectivity index (χ1n) is 7.11. The third-order valence-corrected chi connectivity index (χ3v) is 4.21. The molecule has 2 aromatic rings. The number of amides is 1. The van der Waals surface area contributed by atoms with Crippen molar-refractivity contribution >= 4 is 17.7 Å². The van der Waals surface area contributed by atoms with Gasteiger partial charge in [-0.2, -0.15) is 0 Å². The van der Waals surface area contributed by atoms with Gasteiger partial charge in [-0.1, -0.05) is 42.5 Å². The van der Waals surface area contributed by atoms with E-state index in [1.807, 2.05) is 53.6 Å². The van der Waals surface area contributed by atoms with Crippen molar-refractivity contribution in [2.75, 3.05) is 6.26 Å². The molecule has 0 aliphatic heterocycles. The van der Waals surface area contributed by atoms with Gasteiger partial charge in [-0.25, -0.2) is 0 Å². The SMILES string of the molecule is CSc1ccccc1C(=O)N(Cc1ccccc1)C(C)C. The molecule has 0 saturated carbocycles. The molecule has 0 aliphatic rings. The minimum Gasteiger partial charge on any atom is -0.332 e. The maximum atomic E-state index is 12.9. The van der Waals surface area contributed by atoms with Crippen LogP contribution in [-0.4, -0.2) is 23.1 Å². The van der Waals surface area contributed by atoms with Gasteiger partial charge in [0.2, 0.25) is 0 Å². The van der Waals surface area contributed by atoms with Crippen molar-refractivity contribution in [1.82, 2.24) is 4.90 Å². The maximum absolute atomic E-state index is 12.9. The summed E-state index contributed by atoms with van der Waals surface area (Å²) >= 11 is 1.61. The zero-order chi connectivity index (χ0) is 15.2. The van der Waals surface area contributed by atoms with Crippen LogP contribution in [0.4, 0.5) is 0 Å². The van der Waals surface area contributed by atoms with E-state index in [1.165, 1.54) is 0 Å². The van der Waals surface area contributed by atoms with Crippen molar-refractivity contribution in [2.24, 2.45) is 0 Å². The lowest BCUT2D eigenvalue weighted by molar-refractivity contribution is 0.0687. The predicted molar refractivity (Wildman–Crippen MR) is 89.7 cm³/mol. The molecule has 110 valence electrons. The number of rotatable bonds is 5. The average Bonchev–Trinajstić information content (AvgIpc) is 2.52. The van der Waals surface area contributed by atoms with Gasteiger partial charge in [0, 0.05) is 17.5 Å². The van der Waals surface area contributed by atoms with Gasteiger partial charge in [0.25, 0.3) is 5.91 Å². The lowest BCUT2D eigenvalue weighted by Gasteiger charge is -2.27. The Kier molecular flexibility index (Phi) is 5.45. The molecule has 2 rings (SSSR count). The van der Waals surface area contributed by atoms with Crippen LogP contribution in [0.5, 0.6) is 0 Å². The average molecular weight is 299 g/mol. The highest BCUT2D eigenvalue weighted by Gasteiger charge is 2.21. The third-order valence-electron chi connectivity index (χ3n) is 3.42. The van der Waals surface area contributed by atoms with Crippen LogP contribution in [0.15, 0.2) is 59.5 Å². The predicted octanol–water partition coefficient (Wildman–Crippen LogP) is 4.46. The van der Waals surface area contributed by atoms with Crippen molar-refractivity contribution < 1.29 is 4.79 Å². The van der Waals surface area contributed by atoms with E-state index in [4.69, 9.17) is 0 Å². The quantitative estimate of drug-likeness (QED) is 0.760. The number of hydrogen-bond donors (Lipinski definition) is 0. The Morgan fingerprint density at radius 1 is 1.05 bits per heavy atom. The third kappa shape index (κ3) is 3.88. The normalized spacial score (nSPS) is 10.7. The van der Waals surface area contributed by atoms with Crippen molar-refractivity contribution in [3.05, 3.63) is 65.7 Å². The zero-order valence-corrected chi connectivity index (χ0v) is 13.6. The van der Waals surface area contributed by atoms with Gasteiger partial charge in [-0.3, -0.25) is 4.79 Å². The monoisotopic (exact) mass is 299 g/mol. The fourth-order valence-electron chi connectivity index (χ4n) is 2.25. The van der Waals surface area contributed by atoms with Crippen molar-refractivity contribution in [1.29, 1.82) is 0 Å². The summed E-state index contributed by atoms with van der Waals surface area (Å²) in [5.74, 6) is 0.0961. The fraction of sp³-hybridized carbons (Fsp3) is 0.278. The summed E-state index contributed by atoms with van der Waals surface area (Å²) in [5, 5.41) is 0. The number of carbonyl (C=O) groups excluding carboxylic acids is 1. The number of hydrogen-bond acceptors (Lipinski definition) is 2. The van der Waals surface area contributed by atoms with E-state index in [-0.39, 0.29) is 11.9 Å². The van der Waals surface area contributed by atoms with Crippen LogP contribution in [0.25, 0.3) is 0 Å². The molecule has 0 heterocycles. The topological polar surface area (TPSA) is 20.3 Å². The van der Waals surface area contributed by atoms with Crippen LogP contribution in [0.1, 0.15) is 29.8 Å². The van der Waals surface area contributed by atoms with Crippen molar-refractivity contribution in [2.45, 2.75) is 31.3 Å². The highest BCUT2D eigenvalue weighted by atomic mass is 32.2. The highest BCUT2D eigenvalue weighted by Crippen LogP contribution is 2.23. The molecule has 0 bridgehead atoms. The van der Waals surface area contributed by atoms with E-state index < -0.39 is 0 Å². The number of carbonyl (C=O) groups is 1. The molecule has 0 aliphatic carbocycles. The van der Waals surface area contributed by atoms with Crippen LogP contribution in [0.2, 0.25) is 0 Å². The number of benzene rings is 2. The second-order valence-corrected chi connectivity index (χ2v) is 6.06. The Bertz CT molecular complexity index is 595. The standard InChI is InChI=1S/C18H21NOS/c1-14(2)19(13-15-9-5-4-6-10-15)18(20)16-11-7-8-12-17(16)21-3/h4-12,14H,13H2,1-3H3. The molecule has 0 fully saturated rings. The van der Waals surface area contributed by atoms with E-state index in [0.717, 1.165) is 16.0 Å². The van der Waals surface area contributed by atoms with Gasteiger partial charge < -0.3 is 4.90 Å². The van der Waals surface area contributed by atoms with E-state index in [9.17, 15) is 4.79 Å². The summed E-state index contributed by atoms with van der Waals surface area (Å²) in [7, 11) is 0. The van der Waals surface area contributed by atoms with E-state index in [0.29, 0.717) is 6.54 Å². The Morgan fingerprint density at radius 3 is 2.29 bits per heavy atom. The first kappa shape index (κ1) is 15.6. The van der Waals surface area contributed by atoms with Crippen LogP contribution in [0, 0.1) is 0 Å². The van der Waals surface area contributed by atoms with E-state index >= 15 is 0 Å². The second-order valence-electron chi connectivity index (χ2n) is 5.21. The van der Waals surface area contributed by atoms with Gasteiger partial charge in [-0.15, -0.1) is 11.8 Å². The molecule has 0 atom stereocenters. The summed E-state index contributed by atoms with van der Waals surface area (Å²) in [4.78, 5) is 15.8. The minimum absolute atomic E-state index is 0.0961. The molecule has 0 N–H and O–H groups in total. The fourth-order valence-corrected chi connectivity index (χ4v) is 2.83. The van der Waals surface area contributed by atoms with Gasteiger partial charge in [0.05, 0.1) is 5.56 Å². The molecule has 0 aromatic heterocycles. The summed E-state index contributed by atoms with van der Waals surface area (Å²) < 4.78 is 0. The number of thioether (sulfide) groups is 1. The lowest BCUT2D eigenvalue weighted by atomic mass is 10.1. The van der Waals surface area contributed by atoms with E-state index in [1.54, 1.807) is 11.8 Å². The van der Waals surface area contributed by atoms with Crippen molar-refractivity contribution in [3.63, 3.8) is 0 Å². The minimum atomic E-state index is 0.0961. The Labute approximate surface area is 131 Å². The first-order valence-corrected chi connectivity index (χ1v) is 8.34. The van der Waals surface area contributed by atoms with Gasteiger partial charge in [-0.05, 0) is 37.8 Å². The van der Waals surface area contributed by atoms with Crippen LogP contribution in [-0.2, 0) is 6.54 Å². The molecular formula is C18H21NOS. The van der Waals surface area contributed by atoms with Crippen LogP contribution < -0.4 is 0 Å². The van der Waals surface area contributed by atoms with Gasteiger partial charge >= 0.3 is 0 Å². The Hall–Kier alpha value is -1.74. The lowest BCUT2D eigenvalue weighted by Crippen LogP contribution is -2.36. The molecular weight excluding hydrogens is 278 g/mol. The van der Waals surface area contributed by atoms with Gasteiger partial charge in [0.15, 0.2) is 0 Å². The molecule has 0 spiro atoms. The highest BCUT2D eigenvalue weighted by molar-refractivity contribution is 7.98. The molecule has 0 saturated heterocycles. The molecule has 0 radical (unpaired) electrons. The summed E-state index contributed by atoms with van der Waals surface area (Å²) in [5.41, 5.74) is 1.94. The molecule has 3 heteroatoms. The molecule has 0 unspecified atom stereocenters. The second kappa shape index (κ2) is 7.32. The summed E-state index contributed by atoms with van der Waals surface area (Å²) in [6.07, 6.45) is 2.00. The van der Waals surface area contributed by atoms with Gasteiger partial charge in [0.1, 0.15) is 0 Å². The van der Waals surface area contributed by atoms with E-state index in [2.05, 4.69) is 26.0 Å². The molecule has 2 nitrogen and oxygen atoms in total. The smallest absolute Gasteiger partial charge is 0.255 e. The first-order chi connectivity index (χ1) is 10.1. The van der Waals surface area contributed by atoms with Crippen molar-refractivity contribution in [3.8, 4) is 0 Å². The number of nitrogens with zero attached hydrogens (tertiary/aromatic N) is 1. The molecule has 2 aromatic carbocycles. The Balaban J connectivity index is 2.28. The van der Waals surface area contributed by atoms with Crippen LogP contribution in [0.3, 0.4) is 0 Å². The summed E-state index contributed by atoms with van der Waals surface area (Å²) in [6, 6.07) is 18.1. The Morgan fingerprint density at radius 2 is 1.67 bits per heavy atom. The zero-order valence-electron chi connectivity index (χ0n) is 12.7. The largest absolute Gasteiger partial charge is 0.332 e. The molecule has 21 heavy (non-hydrogen) atoms. The summed E-state index contributed by atoms with van der Waals surface area (Å²) in [6.45, 7) is 4.76. The van der Waals surface area contributed by atoms with Crippen LogP contribution >= 0.6 is 11.8 Å². The maximum Gasteiger partial charge on any atom is 0.255 e.